The second-order valence-electron chi connectivity index (χ2n) is 7.38. The lowest BCUT2D eigenvalue weighted by Gasteiger charge is -2.22. The van der Waals surface area contributed by atoms with Gasteiger partial charge in [-0.3, -0.25) is 10.1 Å². The first-order valence-corrected chi connectivity index (χ1v) is 8.89. The highest BCUT2D eigenvalue weighted by Crippen LogP contribution is 2.32. The molecule has 0 bridgehead atoms. The van der Waals surface area contributed by atoms with Crippen LogP contribution in [-0.2, 0) is 4.79 Å². The van der Waals surface area contributed by atoms with Gasteiger partial charge in [-0.1, -0.05) is 0 Å². The molecule has 10 heteroatoms. The molecule has 2 fully saturated rings. The van der Waals surface area contributed by atoms with E-state index >= 15 is 0 Å². The standard InChI is InChI=1S/C17H20N8O2/c1-23-4-2-10(8-23)11-7-19-25-12(18)6-13(20-14(11)25)24-5-3-17(9-24)15(26)21-16(27)22-17/h6-8H,2-5,9,18H2,1H3,(H2,21,22,26,27). The van der Waals surface area contributed by atoms with E-state index in [1.807, 2.05) is 11.9 Å². The van der Waals surface area contributed by atoms with Crippen molar-refractivity contribution in [1.82, 2.24) is 30.1 Å². The first kappa shape index (κ1) is 15.9. The van der Waals surface area contributed by atoms with Crippen LogP contribution in [0.15, 0.2) is 18.5 Å². The van der Waals surface area contributed by atoms with Gasteiger partial charge in [0.05, 0.1) is 12.7 Å². The number of rotatable bonds is 2. The second kappa shape index (κ2) is 5.35. The van der Waals surface area contributed by atoms with Crippen molar-refractivity contribution in [3.05, 3.63) is 24.0 Å². The minimum absolute atomic E-state index is 0.284. The van der Waals surface area contributed by atoms with Crippen LogP contribution in [0.25, 0.3) is 11.2 Å². The first-order valence-electron chi connectivity index (χ1n) is 8.89. The summed E-state index contributed by atoms with van der Waals surface area (Å²) in [6, 6.07) is 1.31. The first-order chi connectivity index (χ1) is 12.9. The van der Waals surface area contributed by atoms with Crippen molar-refractivity contribution in [3.63, 3.8) is 0 Å². The van der Waals surface area contributed by atoms with E-state index in [0.717, 1.165) is 18.5 Å². The van der Waals surface area contributed by atoms with Gasteiger partial charge in [0.25, 0.3) is 5.91 Å². The monoisotopic (exact) mass is 368 g/mol. The number of nitrogen functional groups attached to an aromatic ring is 1. The molecule has 5 heterocycles. The topological polar surface area (TPSA) is 121 Å². The quantitative estimate of drug-likeness (QED) is 0.627. The number of nitrogens with one attached hydrogen (secondary N) is 2. The number of imide groups is 1. The Morgan fingerprint density at radius 2 is 2.15 bits per heavy atom. The van der Waals surface area contributed by atoms with Gasteiger partial charge in [-0.05, 0) is 18.4 Å². The molecular formula is C17H20N8O2. The largest absolute Gasteiger partial charge is 0.383 e. The van der Waals surface area contributed by atoms with E-state index in [1.165, 1.54) is 5.57 Å². The molecule has 0 aliphatic carbocycles. The summed E-state index contributed by atoms with van der Waals surface area (Å²) < 4.78 is 1.63. The molecule has 2 aromatic rings. The minimum atomic E-state index is -0.889. The third-order valence-electron chi connectivity index (χ3n) is 5.55. The maximum Gasteiger partial charge on any atom is 0.322 e. The number of carbonyl (C=O) groups is 2. The highest BCUT2D eigenvalue weighted by molar-refractivity contribution is 6.07. The van der Waals surface area contributed by atoms with Gasteiger partial charge in [0.1, 0.15) is 17.2 Å². The zero-order valence-corrected chi connectivity index (χ0v) is 14.9. The Morgan fingerprint density at radius 1 is 1.30 bits per heavy atom. The van der Waals surface area contributed by atoms with Crippen molar-refractivity contribution in [2.45, 2.75) is 18.4 Å². The molecule has 5 rings (SSSR count). The van der Waals surface area contributed by atoms with E-state index in [9.17, 15) is 9.59 Å². The van der Waals surface area contributed by atoms with Crippen LogP contribution in [0.1, 0.15) is 18.4 Å². The molecule has 2 aromatic heterocycles. The van der Waals surface area contributed by atoms with E-state index in [0.29, 0.717) is 36.8 Å². The van der Waals surface area contributed by atoms with E-state index in [-0.39, 0.29) is 5.91 Å². The highest BCUT2D eigenvalue weighted by Gasteiger charge is 2.51. The number of amides is 3. The molecule has 3 amide bonds. The van der Waals surface area contributed by atoms with Crippen molar-refractivity contribution in [1.29, 1.82) is 0 Å². The van der Waals surface area contributed by atoms with Crippen LogP contribution in [0.5, 0.6) is 0 Å². The van der Waals surface area contributed by atoms with Gasteiger partial charge in [-0.15, -0.1) is 0 Å². The Kier molecular flexibility index (Phi) is 3.15. The highest BCUT2D eigenvalue weighted by atomic mass is 16.2. The van der Waals surface area contributed by atoms with E-state index in [4.69, 9.17) is 10.7 Å². The molecule has 10 nitrogen and oxygen atoms in total. The number of carbonyl (C=O) groups excluding carboxylic acids is 2. The van der Waals surface area contributed by atoms with Crippen LogP contribution in [0.4, 0.5) is 16.4 Å². The fraction of sp³-hybridized carbons (Fsp3) is 0.412. The van der Waals surface area contributed by atoms with Gasteiger partial charge in [0.15, 0.2) is 5.65 Å². The zero-order chi connectivity index (χ0) is 18.8. The summed E-state index contributed by atoms with van der Waals surface area (Å²) in [5.74, 6) is 0.877. The summed E-state index contributed by atoms with van der Waals surface area (Å²) in [5.41, 5.74) is 8.17. The molecular weight excluding hydrogens is 348 g/mol. The number of urea groups is 1. The maximum atomic E-state index is 12.2. The predicted octanol–water partition coefficient (Wildman–Crippen LogP) is -0.224. The third-order valence-corrected chi connectivity index (χ3v) is 5.55. The number of hydrogen-bond acceptors (Lipinski definition) is 7. The predicted molar refractivity (Wildman–Crippen MR) is 98.9 cm³/mol. The Hall–Kier alpha value is -3.30. The summed E-state index contributed by atoms with van der Waals surface area (Å²) >= 11 is 0. The molecule has 1 unspecified atom stereocenters. The Balaban J connectivity index is 1.52. The van der Waals surface area contributed by atoms with Crippen molar-refractivity contribution in [2.24, 2.45) is 0 Å². The van der Waals surface area contributed by atoms with E-state index in [1.54, 1.807) is 16.8 Å². The fourth-order valence-electron chi connectivity index (χ4n) is 4.08. The number of nitrogens with zero attached hydrogens (tertiary/aromatic N) is 5. The molecule has 0 radical (unpaired) electrons. The van der Waals surface area contributed by atoms with Crippen LogP contribution < -0.4 is 21.3 Å². The molecule has 0 aromatic carbocycles. The molecule has 0 saturated carbocycles. The van der Waals surface area contributed by atoms with Crippen LogP contribution in [-0.4, -0.2) is 63.7 Å². The van der Waals surface area contributed by atoms with Gasteiger partial charge in [0.2, 0.25) is 0 Å². The summed E-state index contributed by atoms with van der Waals surface area (Å²) in [4.78, 5) is 32.6. The van der Waals surface area contributed by atoms with Crippen molar-refractivity contribution < 1.29 is 9.59 Å². The average Bonchev–Trinajstić information content (AvgIpc) is 3.36. The second-order valence-corrected chi connectivity index (χ2v) is 7.38. The van der Waals surface area contributed by atoms with Gasteiger partial charge in [0, 0.05) is 38.0 Å². The average molecular weight is 368 g/mol. The van der Waals surface area contributed by atoms with Crippen LogP contribution in [0, 0.1) is 0 Å². The zero-order valence-electron chi connectivity index (χ0n) is 14.9. The molecule has 3 aliphatic heterocycles. The summed E-state index contributed by atoms with van der Waals surface area (Å²) in [5, 5.41) is 9.45. The van der Waals surface area contributed by atoms with Gasteiger partial charge < -0.3 is 20.9 Å². The smallest absolute Gasteiger partial charge is 0.322 e. The SMILES string of the molecule is CN1C=C(c2cnn3c(N)cc(N4CCC5(C4)NC(=O)NC5=O)nc23)CC1. The molecule has 2 saturated heterocycles. The van der Waals surface area contributed by atoms with Crippen LogP contribution in [0.2, 0.25) is 0 Å². The lowest BCUT2D eigenvalue weighted by Crippen LogP contribution is -2.49. The van der Waals surface area contributed by atoms with Gasteiger partial charge in [-0.25, -0.2) is 9.78 Å². The van der Waals surface area contributed by atoms with E-state index < -0.39 is 11.6 Å². The maximum absolute atomic E-state index is 12.2. The molecule has 140 valence electrons. The lowest BCUT2D eigenvalue weighted by atomic mass is 10.00. The van der Waals surface area contributed by atoms with Crippen LogP contribution >= 0.6 is 0 Å². The summed E-state index contributed by atoms with van der Waals surface area (Å²) in [7, 11) is 2.04. The van der Waals surface area contributed by atoms with Gasteiger partial charge >= 0.3 is 6.03 Å². The number of aromatic nitrogens is 3. The number of fused-ring (bicyclic) bond motifs is 1. The number of nitrogens with two attached hydrogens (primary N) is 1. The Bertz CT molecular complexity index is 1010. The lowest BCUT2D eigenvalue weighted by molar-refractivity contribution is -0.123. The molecule has 4 N–H and O–H groups in total. The number of hydrogen-bond donors (Lipinski definition) is 3. The molecule has 27 heavy (non-hydrogen) atoms. The van der Waals surface area contributed by atoms with E-state index in [2.05, 4.69) is 26.8 Å². The Morgan fingerprint density at radius 3 is 2.85 bits per heavy atom. The summed E-state index contributed by atoms with van der Waals surface area (Å²) in [6.45, 7) is 1.93. The van der Waals surface area contributed by atoms with Crippen molar-refractivity contribution >= 4 is 34.8 Å². The minimum Gasteiger partial charge on any atom is -0.383 e. The van der Waals surface area contributed by atoms with Crippen molar-refractivity contribution in [3.8, 4) is 0 Å². The normalized spacial score (nSPS) is 24.9. The van der Waals surface area contributed by atoms with Gasteiger partial charge in [-0.2, -0.15) is 9.61 Å². The molecule has 1 atom stereocenters. The van der Waals surface area contributed by atoms with Crippen LogP contribution in [0.3, 0.4) is 0 Å². The number of anilines is 2. The van der Waals surface area contributed by atoms with Crippen molar-refractivity contribution in [2.75, 3.05) is 37.3 Å². The Labute approximate surface area is 155 Å². The fourth-order valence-corrected chi connectivity index (χ4v) is 4.08. The third kappa shape index (κ3) is 2.32. The molecule has 1 spiro atoms. The summed E-state index contributed by atoms with van der Waals surface area (Å²) in [6.07, 6.45) is 5.36. The molecule has 3 aliphatic rings.